The molecule has 27 heavy (non-hydrogen) atoms. The van der Waals surface area contributed by atoms with E-state index in [0.29, 0.717) is 12.0 Å². The lowest BCUT2D eigenvalue weighted by molar-refractivity contribution is -0.115. The average molecular weight is 389 g/mol. The summed E-state index contributed by atoms with van der Waals surface area (Å²) in [4.78, 5) is 12.2. The topological polar surface area (TPSA) is 68.0 Å². The molecule has 1 amide bonds. The standard InChI is InChI=1S/C19H17F2N3O2S/c1-10-6-11(2)8-13(7-10)18-23-24-19(26-18)27-12(3)17(25)22-16-5-4-14(20)9-15(16)21/h4-9,12H,1-3H3,(H,22,25)/t12-/m0/s1. The van der Waals surface area contributed by atoms with Gasteiger partial charge in [0.2, 0.25) is 11.8 Å². The highest BCUT2D eigenvalue weighted by Crippen LogP contribution is 2.28. The Morgan fingerprint density at radius 3 is 2.48 bits per heavy atom. The number of carbonyl (C=O) groups is 1. The maximum absolute atomic E-state index is 13.7. The molecule has 1 atom stereocenters. The summed E-state index contributed by atoms with van der Waals surface area (Å²) in [5.74, 6) is -1.65. The van der Waals surface area contributed by atoms with Crippen molar-refractivity contribution in [1.29, 1.82) is 0 Å². The van der Waals surface area contributed by atoms with E-state index in [0.717, 1.165) is 34.5 Å². The number of hydrogen-bond acceptors (Lipinski definition) is 5. The molecule has 0 aliphatic heterocycles. The van der Waals surface area contributed by atoms with Crippen molar-refractivity contribution >= 4 is 23.4 Å². The molecule has 0 radical (unpaired) electrons. The quantitative estimate of drug-likeness (QED) is 0.638. The number of halogens is 2. The fraction of sp³-hybridized carbons (Fsp3) is 0.211. The van der Waals surface area contributed by atoms with E-state index in [2.05, 4.69) is 15.5 Å². The van der Waals surface area contributed by atoms with Gasteiger partial charge in [0.05, 0.1) is 10.9 Å². The number of carbonyl (C=O) groups excluding carboxylic acids is 1. The van der Waals surface area contributed by atoms with Crippen molar-refractivity contribution in [2.75, 3.05) is 5.32 Å². The molecule has 0 aliphatic rings. The van der Waals surface area contributed by atoms with Gasteiger partial charge < -0.3 is 9.73 Å². The summed E-state index contributed by atoms with van der Waals surface area (Å²) in [6, 6.07) is 8.86. The largest absolute Gasteiger partial charge is 0.411 e. The number of benzene rings is 2. The molecule has 0 fully saturated rings. The predicted molar refractivity (Wildman–Crippen MR) is 99.5 cm³/mol. The third-order valence-corrected chi connectivity index (χ3v) is 4.65. The highest BCUT2D eigenvalue weighted by atomic mass is 32.2. The van der Waals surface area contributed by atoms with Gasteiger partial charge >= 0.3 is 0 Å². The molecule has 5 nitrogen and oxygen atoms in total. The van der Waals surface area contributed by atoms with Crippen LogP contribution in [0.1, 0.15) is 18.1 Å². The van der Waals surface area contributed by atoms with Crippen molar-refractivity contribution in [1.82, 2.24) is 10.2 Å². The van der Waals surface area contributed by atoms with Crippen LogP contribution in [0, 0.1) is 25.5 Å². The lowest BCUT2D eigenvalue weighted by atomic mass is 10.1. The second-order valence-electron chi connectivity index (χ2n) is 6.12. The number of nitrogens with zero attached hydrogens (tertiary/aromatic N) is 2. The molecule has 1 N–H and O–H groups in total. The molecule has 0 unspecified atom stereocenters. The molecule has 1 aromatic heterocycles. The predicted octanol–water partition coefficient (Wildman–Crippen LogP) is 4.75. The fourth-order valence-electron chi connectivity index (χ4n) is 2.50. The van der Waals surface area contributed by atoms with Crippen molar-refractivity contribution in [2.45, 2.75) is 31.2 Å². The Balaban J connectivity index is 1.68. The van der Waals surface area contributed by atoms with E-state index in [-0.39, 0.29) is 10.9 Å². The number of amides is 1. The molecule has 3 aromatic rings. The number of hydrogen-bond donors (Lipinski definition) is 1. The zero-order valence-corrected chi connectivity index (χ0v) is 15.7. The van der Waals surface area contributed by atoms with Crippen LogP contribution in [-0.2, 0) is 4.79 Å². The molecule has 0 aliphatic carbocycles. The van der Waals surface area contributed by atoms with Crippen LogP contribution in [-0.4, -0.2) is 21.4 Å². The van der Waals surface area contributed by atoms with Crippen LogP contribution in [0.4, 0.5) is 14.5 Å². The maximum atomic E-state index is 13.7. The second-order valence-corrected chi connectivity index (χ2v) is 7.42. The summed E-state index contributed by atoms with van der Waals surface area (Å²) in [5.41, 5.74) is 2.87. The number of anilines is 1. The molecule has 140 valence electrons. The number of nitrogens with one attached hydrogen (secondary N) is 1. The Bertz CT molecular complexity index is 971. The van der Waals surface area contributed by atoms with Crippen LogP contribution in [0.15, 0.2) is 46.0 Å². The van der Waals surface area contributed by atoms with Crippen LogP contribution in [0.5, 0.6) is 0 Å². The summed E-state index contributed by atoms with van der Waals surface area (Å²) in [6.07, 6.45) is 0. The Hall–Kier alpha value is -2.74. The smallest absolute Gasteiger partial charge is 0.277 e. The number of aryl methyl sites for hydroxylation is 2. The van der Waals surface area contributed by atoms with Crippen molar-refractivity contribution in [3.8, 4) is 11.5 Å². The Morgan fingerprint density at radius 1 is 1.11 bits per heavy atom. The summed E-state index contributed by atoms with van der Waals surface area (Å²) in [5, 5.41) is 10.00. The first-order chi connectivity index (χ1) is 12.8. The van der Waals surface area contributed by atoms with Gasteiger partial charge in [0.25, 0.3) is 5.22 Å². The lowest BCUT2D eigenvalue weighted by Gasteiger charge is -2.10. The van der Waals surface area contributed by atoms with Gasteiger partial charge in [0, 0.05) is 11.6 Å². The third-order valence-electron chi connectivity index (χ3n) is 3.71. The molecule has 2 aromatic carbocycles. The molecule has 3 rings (SSSR count). The minimum Gasteiger partial charge on any atom is -0.411 e. The summed E-state index contributed by atoms with van der Waals surface area (Å²) in [6.45, 7) is 5.58. The van der Waals surface area contributed by atoms with Crippen LogP contribution in [0.25, 0.3) is 11.5 Å². The molecule has 1 heterocycles. The van der Waals surface area contributed by atoms with Crippen LogP contribution in [0.2, 0.25) is 0 Å². The van der Waals surface area contributed by atoms with Crippen LogP contribution in [0.3, 0.4) is 0 Å². The third kappa shape index (κ3) is 4.71. The summed E-state index contributed by atoms with van der Waals surface area (Å²) < 4.78 is 32.2. The monoisotopic (exact) mass is 389 g/mol. The Morgan fingerprint density at radius 2 is 1.81 bits per heavy atom. The average Bonchev–Trinajstić information content (AvgIpc) is 3.05. The van der Waals surface area contributed by atoms with E-state index < -0.39 is 22.8 Å². The minimum absolute atomic E-state index is 0.0877. The van der Waals surface area contributed by atoms with Gasteiger partial charge in [-0.1, -0.05) is 29.0 Å². The minimum atomic E-state index is -0.838. The number of rotatable bonds is 5. The van der Waals surface area contributed by atoms with Gasteiger partial charge in [-0.25, -0.2) is 8.78 Å². The first-order valence-corrected chi connectivity index (χ1v) is 9.04. The molecule has 0 saturated carbocycles. The van der Waals surface area contributed by atoms with E-state index in [1.165, 1.54) is 6.07 Å². The highest BCUT2D eigenvalue weighted by Gasteiger charge is 2.20. The molecule has 0 spiro atoms. The van der Waals surface area contributed by atoms with Gasteiger partial charge in [-0.2, -0.15) is 0 Å². The van der Waals surface area contributed by atoms with Crippen molar-refractivity contribution < 1.29 is 18.0 Å². The van der Waals surface area contributed by atoms with E-state index in [1.807, 2.05) is 32.0 Å². The molecular formula is C19H17F2N3O2S. The van der Waals surface area contributed by atoms with Gasteiger partial charge in [-0.15, -0.1) is 10.2 Å². The zero-order valence-electron chi connectivity index (χ0n) is 14.9. The highest BCUT2D eigenvalue weighted by molar-refractivity contribution is 8.00. The van der Waals surface area contributed by atoms with Crippen molar-refractivity contribution in [3.05, 3.63) is 59.2 Å². The molecule has 0 bridgehead atoms. The second kappa shape index (κ2) is 7.87. The molecule has 8 heteroatoms. The summed E-state index contributed by atoms with van der Waals surface area (Å²) >= 11 is 1.05. The van der Waals surface area contributed by atoms with Gasteiger partial charge in [0.15, 0.2) is 0 Å². The van der Waals surface area contributed by atoms with Crippen LogP contribution >= 0.6 is 11.8 Å². The Kier molecular flexibility index (Phi) is 5.55. The van der Waals surface area contributed by atoms with Gasteiger partial charge in [-0.3, -0.25) is 4.79 Å². The first kappa shape index (κ1) is 19.0. The van der Waals surface area contributed by atoms with E-state index >= 15 is 0 Å². The molecular weight excluding hydrogens is 372 g/mol. The van der Waals surface area contributed by atoms with Crippen molar-refractivity contribution in [3.63, 3.8) is 0 Å². The van der Waals surface area contributed by atoms with Crippen LogP contribution < -0.4 is 5.32 Å². The SMILES string of the molecule is Cc1cc(C)cc(-c2nnc(S[C@@H](C)C(=O)Nc3ccc(F)cc3F)o2)c1. The van der Waals surface area contributed by atoms with E-state index in [4.69, 9.17) is 4.42 Å². The van der Waals surface area contributed by atoms with E-state index in [9.17, 15) is 13.6 Å². The number of aromatic nitrogens is 2. The van der Waals surface area contributed by atoms with Gasteiger partial charge in [0.1, 0.15) is 11.6 Å². The molecule has 0 saturated heterocycles. The van der Waals surface area contributed by atoms with Gasteiger partial charge in [-0.05, 0) is 45.0 Å². The summed E-state index contributed by atoms with van der Waals surface area (Å²) in [7, 11) is 0. The maximum Gasteiger partial charge on any atom is 0.277 e. The normalized spacial score (nSPS) is 12.0. The first-order valence-electron chi connectivity index (χ1n) is 8.16. The fourth-order valence-corrected chi connectivity index (χ4v) is 3.19. The van der Waals surface area contributed by atoms with E-state index in [1.54, 1.807) is 6.92 Å². The zero-order chi connectivity index (χ0) is 19.6. The lowest BCUT2D eigenvalue weighted by Crippen LogP contribution is -2.23. The van der Waals surface area contributed by atoms with Crippen molar-refractivity contribution in [2.24, 2.45) is 0 Å². The number of thioether (sulfide) groups is 1. The Labute approximate surface area is 159 Å².